The van der Waals surface area contributed by atoms with E-state index in [0.29, 0.717) is 0 Å². The minimum Gasteiger partial charge on any atom is -0.310 e. The Morgan fingerprint density at radius 2 is 0.721 bits per heavy atom. The Balaban J connectivity index is 1.07. The maximum atomic E-state index is 2.49. The lowest BCUT2D eigenvalue weighted by molar-refractivity contribution is 0.295. The van der Waals surface area contributed by atoms with E-state index < -0.39 is 0 Å². The summed E-state index contributed by atoms with van der Waals surface area (Å²) >= 11 is 0. The first-order chi connectivity index (χ1) is 29.6. The molecule has 2 heteroatoms. The number of nitrogens with zero attached hydrogens (tertiary/aromatic N) is 2. The van der Waals surface area contributed by atoms with Gasteiger partial charge in [0.15, 0.2) is 0 Å². The summed E-state index contributed by atoms with van der Waals surface area (Å²) in [4.78, 5) is 4.88. The second-order valence-electron chi connectivity index (χ2n) is 18.6. The molecule has 0 heterocycles. The van der Waals surface area contributed by atoms with Crippen LogP contribution in [0.5, 0.6) is 0 Å². The second-order valence-corrected chi connectivity index (χ2v) is 18.6. The topological polar surface area (TPSA) is 6.48 Å². The molecule has 0 saturated heterocycles. The van der Waals surface area contributed by atoms with Crippen molar-refractivity contribution < 1.29 is 0 Å². The minimum absolute atomic E-state index is 0.197. The lowest BCUT2D eigenvalue weighted by Gasteiger charge is -2.50. The summed E-state index contributed by atoms with van der Waals surface area (Å²) < 4.78 is 0. The van der Waals surface area contributed by atoms with Gasteiger partial charge in [0.05, 0.1) is 11.4 Å². The number of benzene rings is 9. The predicted molar refractivity (Wildman–Crippen MR) is 260 cm³/mol. The summed E-state index contributed by atoms with van der Waals surface area (Å²) in [6.45, 7) is 14.8. The number of hydrogen-bond acceptors (Lipinski definition) is 2. The van der Waals surface area contributed by atoms with Crippen molar-refractivity contribution in [3.05, 3.63) is 216 Å². The number of fused-ring (bicyclic) bond motifs is 9. The van der Waals surface area contributed by atoms with Crippen molar-refractivity contribution in [1.82, 2.24) is 0 Å². The van der Waals surface area contributed by atoms with Gasteiger partial charge in [0.1, 0.15) is 0 Å². The largest absolute Gasteiger partial charge is 0.310 e. The van der Waals surface area contributed by atoms with Crippen LogP contribution in [0.3, 0.4) is 0 Å². The number of hydrogen-bond donors (Lipinski definition) is 0. The van der Waals surface area contributed by atoms with Crippen molar-refractivity contribution in [2.45, 2.75) is 57.8 Å². The van der Waals surface area contributed by atoms with E-state index in [1.165, 1.54) is 88.8 Å². The lowest BCUT2D eigenvalue weighted by atomic mass is 9.53. The SMILES string of the molecule is CC1(C)c2cc(N(c3ccccc3)c3cccc4ccccc34)ccc2-c2ccc3c(c21)C(C)(C)C(C)(C)c1cc(N(c2ccccc2)c2cccc4ccccc24)ccc1-3. The van der Waals surface area contributed by atoms with E-state index in [9.17, 15) is 0 Å². The highest BCUT2D eigenvalue weighted by atomic mass is 15.1. The summed E-state index contributed by atoms with van der Waals surface area (Å²) in [7, 11) is 0. The Bertz CT molecular complexity index is 3160. The van der Waals surface area contributed by atoms with E-state index in [-0.39, 0.29) is 16.2 Å². The highest BCUT2D eigenvalue weighted by Gasteiger charge is 2.51. The van der Waals surface area contributed by atoms with Crippen LogP contribution < -0.4 is 9.80 Å². The van der Waals surface area contributed by atoms with Crippen molar-refractivity contribution in [1.29, 1.82) is 0 Å². The standard InChI is InChI=1S/C59H50N2/c1-57(2)51-37-43(60(41-23-9-7-10-24-41)53-29-17-21-39-19-13-15-27-45(39)53)31-33-47(51)49-35-36-50-48-34-32-44(38-52(48)58(3,4)59(5,6)56(50)55(49)57)61(42-25-11-8-12-26-42)54-30-18-22-40-20-14-16-28-46(40)54/h7-38H,1-6H3. The zero-order valence-electron chi connectivity index (χ0n) is 35.9. The van der Waals surface area contributed by atoms with Gasteiger partial charge in [-0.3, -0.25) is 0 Å². The van der Waals surface area contributed by atoms with Crippen LogP contribution >= 0.6 is 0 Å². The highest BCUT2D eigenvalue weighted by Crippen LogP contribution is 2.62. The molecule has 9 aromatic rings. The molecule has 0 radical (unpaired) electrons. The highest BCUT2D eigenvalue weighted by molar-refractivity contribution is 6.01. The van der Waals surface area contributed by atoms with Gasteiger partial charge in [-0.15, -0.1) is 0 Å². The summed E-state index contributed by atoms with van der Waals surface area (Å²) in [5.41, 5.74) is 17.4. The molecule has 9 aromatic carbocycles. The van der Waals surface area contributed by atoms with Crippen molar-refractivity contribution >= 4 is 55.7 Å². The predicted octanol–water partition coefficient (Wildman–Crippen LogP) is 16.5. The van der Waals surface area contributed by atoms with Gasteiger partial charge in [-0.2, -0.15) is 0 Å². The van der Waals surface area contributed by atoms with Crippen molar-refractivity contribution in [2.75, 3.05) is 9.80 Å². The van der Waals surface area contributed by atoms with Gasteiger partial charge in [-0.1, -0.05) is 175 Å². The van der Waals surface area contributed by atoms with Crippen LogP contribution in [0.15, 0.2) is 194 Å². The lowest BCUT2D eigenvalue weighted by Crippen LogP contribution is -2.45. The molecule has 0 fully saturated rings. The van der Waals surface area contributed by atoms with Crippen molar-refractivity contribution in [3.8, 4) is 22.3 Å². The Labute approximate surface area is 360 Å². The smallest absolute Gasteiger partial charge is 0.0540 e. The second kappa shape index (κ2) is 13.6. The van der Waals surface area contributed by atoms with Crippen LogP contribution in [0.2, 0.25) is 0 Å². The molecular weight excluding hydrogens is 737 g/mol. The zero-order valence-corrected chi connectivity index (χ0v) is 35.9. The van der Waals surface area contributed by atoms with E-state index in [1.54, 1.807) is 0 Å². The Kier molecular flexibility index (Phi) is 8.25. The van der Waals surface area contributed by atoms with Crippen LogP contribution in [-0.2, 0) is 16.2 Å². The first-order valence-electron chi connectivity index (χ1n) is 21.7. The third-order valence-corrected chi connectivity index (χ3v) is 14.5. The average molecular weight is 787 g/mol. The molecule has 61 heavy (non-hydrogen) atoms. The van der Waals surface area contributed by atoms with E-state index in [1.807, 2.05) is 0 Å². The fourth-order valence-corrected chi connectivity index (χ4v) is 10.8. The van der Waals surface area contributed by atoms with Crippen LogP contribution in [0.1, 0.15) is 63.8 Å². The maximum absolute atomic E-state index is 2.49. The molecule has 11 rings (SSSR count). The van der Waals surface area contributed by atoms with Gasteiger partial charge >= 0.3 is 0 Å². The molecule has 0 spiro atoms. The monoisotopic (exact) mass is 786 g/mol. The van der Waals surface area contributed by atoms with Crippen LogP contribution in [0.4, 0.5) is 34.1 Å². The van der Waals surface area contributed by atoms with Crippen LogP contribution in [-0.4, -0.2) is 0 Å². The Morgan fingerprint density at radius 1 is 0.311 bits per heavy atom. The summed E-state index contributed by atoms with van der Waals surface area (Å²) in [5, 5.41) is 4.95. The van der Waals surface area contributed by atoms with Gasteiger partial charge < -0.3 is 9.80 Å². The molecule has 0 unspecified atom stereocenters. The van der Waals surface area contributed by atoms with E-state index in [2.05, 4.69) is 245 Å². The first kappa shape index (κ1) is 37.1. The maximum Gasteiger partial charge on any atom is 0.0540 e. The van der Waals surface area contributed by atoms with Crippen LogP contribution in [0, 0.1) is 0 Å². The Hall–Kier alpha value is -6.90. The van der Waals surface area contributed by atoms with E-state index in [4.69, 9.17) is 0 Å². The molecule has 0 amide bonds. The molecule has 0 aromatic heterocycles. The van der Waals surface area contributed by atoms with Gasteiger partial charge in [0.2, 0.25) is 0 Å². The third kappa shape index (κ3) is 5.48. The molecule has 2 aliphatic rings. The van der Waals surface area contributed by atoms with Crippen molar-refractivity contribution in [2.24, 2.45) is 0 Å². The molecule has 0 N–H and O–H groups in total. The van der Waals surface area contributed by atoms with Gasteiger partial charge in [-0.05, 0) is 127 Å². The average Bonchev–Trinajstić information content (AvgIpc) is 3.52. The first-order valence-corrected chi connectivity index (χ1v) is 21.7. The molecule has 0 aliphatic heterocycles. The number of anilines is 6. The summed E-state index contributed by atoms with van der Waals surface area (Å²) in [5.74, 6) is 0. The normalized spacial score (nSPS) is 15.1. The Morgan fingerprint density at radius 3 is 1.25 bits per heavy atom. The third-order valence-electron chi connectivity index (χ3n) is 14.5. The van der Waals surface area contributed by atoms with Crippen molar-refractivity contribution in [3.63, 3.8) is 0 Å². The molecule has 2 aliphatic carbocycles. The van der Waals surface area contributed by atoms with E-state index in [0.717, 1.165) is 11.4 Å². The molecule has 0 saturated carbocycles. The molecular formula is C59H50N2. The molecule has 0 bridgehead atoms. The van der Waals surface area contributed by atoms with Gasteiger partial charge in [0, 0.05) is 38.9 Å². The quantitative estimate of drug-likeness (QED) is 0.166. The minimum atomic E-state index is -0.240. The summed E-state index contributed by atoms with van der Waals surface area (Å²) in [6, 6.07) is 71.7. The fourth-order valence-electron chi connectivity index (χ4n) is 10.8. The molecule has 2 nitrogen and oxygen atoms in total. The number of rotatable bonds is 6. The fraction of sp³-hybridized carbons (Fsp3) is 0.153. The molecule has 0 atom stereocenters. The van der Waals surface area contributed by atoms with Gasteiger partial charge in [-0.25, -0.2) is 0 Å². The zero-order chi connectivity index (χ0) is 41.7. The summed E-state index contributed by atoms with van der Waals surface area (Å²) in [6.07, 6.45) is 0. The van der Waals surface area contributed by atoms with Crippen LogP contribution in [0.25, 0.3) is 43.8 Å². The van der Waals surface area contributed by atoms with E-state index >= 15 is 0 Å². The number of para-hydroxylation sites is 2. The van der Waals surface area contributed by atoms with Gasteiger partial charge in [0.25, 0.3) is 0 Å². The molecule has 296 valence electrons.